The Kier molecular flexibility index (Phi) is 5.74. The minimum atomic E-state index is -0.578. The summed E-state index contributed by atoms with van der Waals surface area (Å²) in [6.07, 6.45) is 1.29. The number of aryl methyl sites for hydroxylation is 1. The Balaban J connectivity index is 1.73. The highest BCUT2D eigenvalue weighted by molar-refractivity contribution is 9.10. The van der Waals surface area contributed by atoms with E-state index in [1.807, 2.05) is 0 Å². The molecule has 2 amide bonds. The van der Waals surface area contributed by atoms with Crippen LogP contribution in [0.5, 0.6) is 5.75 Å². The number of hydrogen-bond acceptors (Lipinski definition) is 5. The van der Waals surface area contributed by atoms with Crippen LogP contribution in [-0.4, -0.2) is 22.1 Å². The molecule has 0 unspecified atom stereocenters. The number of carbonyl (C=O) groups is 2. The minimum Gasteiger partial charge on any atom is -0.507 e. The van der Waals surface area contributed by atoms with Crippen LogP contribution in [-0.2, 0) is 6.54 Å². The predicted octanol–water partition coefficient (Wildman–Crippen LogP) is 3.77. The van der Waals surface area contributed by atoms with Gasteiger partial charge in [-0.2, -0.15) is 0 Å². The number of hydrogen-bond donors (Lipinski definition) is 3. The summed E-state index contributed by atoms with van der Waals surface area (Å²) in [4.78, 5) is 24.7. The topological polar surface area (TPSA) is 104 Å². The van der Waals surface area contributed by atoms with Gasteiger partial charge in [0.05, 0.1) is 11.8 Å². The molecule has 0 bridgehead atoms. The monoisotopic (exact) mass is 447 g/mol. The molecular weight excluding hydrogens is 433 g/mol. The van der Waals surface area contributed by atoms with Gasteiger partial charge in [-0.3, -0.25) is 9.59 Å². The van der Waals surface area contributed by atoms with Crippen molar-refractivity contribution in [1.29, 1.82) is 0 Å². The van der Waals surface area contributed by atoms with Crippen LogP contribution in [0.15, 0.2) is 51.6 Å². The highest BCUT2D eigenvalue weighted by Gasteiger charge is 2.16. The fourth-order valence-electron chi connectivity index (χ4n) is 2.46. The van der Waals surface area contributed by atoms with Crippen molar-refractivity contribution in [3.05, 3.63) is 75.3 Å². The largest absolute Gasteiger partial charge is 0.507 e. The van der Waals surface area contributed by atoms with Crippen LogP contribution in [0, 0.1) is 12.7 Å². The van der Waals surface area contributed by atoms with Crippen LogP contribution in [0.2, 0.25) is 0 Å². The second-order valence-corrected chi connectivity index (χ2v) is 6.75. The number of aromatic nitrogens is 1. The molecule has 0 atom stereocenters. The van der Waals surface area contributed by atoms with Gasteiger partial charge in [-0.15, -0.1) is 0 Å². The van der Waals surface area contributed by atoms with Crippen molar-refractivity contribution >= 4 is 33.4 Å². The van der Waals surface area contributed by atoms with Gasteiger partial charge in [-0.25, -0.2) is 4.39 Å². The molecule has 3 aromatic rings. The number of halogens is 2. The molecule has 28 heavy (non-hydrogen) atoms. The van der Waals surface area contributed by atoms with Crippen LogP contribution < -0.4 is 10.6 Å². The molecule has 7 nitrogen and oxygen atoms in total. The van der Waals surface area contributed by atoms with Crippen molar-refractivity contribution in [2.45, 2.75) is 13.5 Å². The molecule has 0 fully saturated rings. The van der Waals surface area contributed by atoms with Crippen LogP contribution in [0.25, 0.3) is 0 Å². The predicted molar refractivity (Wildman–Crippen MR) is 103 cm³/mol. The SMILES string of the molecule is Cc1oncc1C(=O)Nc1ccc(O)c(C(=O)NCc2cc(F)ccc2Br)c1. The lowest BCUT2D eigenvalue weighted by Crippen LogP contribution is -2.23. The maximum atomic E-state index is 13.4. The highest BCUT2D eigenvalue weighted by Crippen LogP contribution is 2.23. The fraction of sp³-hybridized carbons (Fsp3) is 0.105. The van der Waals surface area contributed by atoms with Gasteiger partial charge in [-0.05, 0) is 48.9 Å². The highest BCUT2D eigenvalue weighted by atomic mass is 79.9. The lowest BCUT2D eigenvalue weighted by Gasteiger charge is -2.11. The Morgan fingerprint density at radius 3 is 2.68 bits per heavy atom. The number of carbonyl (C=O) groups excluding carboxylic acids is 2. The van der Waals surface area contributed by atoms with E-state index in [0.717, 1.165) is 0 Å². The molecule has 0 saturated heterocycles. The Morgan fingerprint density at radius 1 is 1.18 bits per heavy atom. The Hall–Kier alpha value is -3.20. The molecule has 3 N–H and O–H groups in total. The van der Waals surface area contributed by atoms with E-state index >= 15 is 0 Å². The third kappa shape index (κ3) is 4.37. The smallest absolute Gasteiger partial charge is 0.260 e. The van der Waals surface area contributed by atoms with E-state index in [9.17, 15) is 19.1 Å². The van der Waals surface area contributed by atoms with E-state index in [1.54, 1.807) is 6.92 Å². The standard InChI is InChI=1S/C19H15BrFN3O4/c1-10-15(9-23-28-10)19(27)24-13-3-5-17(25)14(7-13)18(26)22-8-11-6-12(21)2-4-16(11)20/h2-7,9,25H,8H2,1H3,(H,22,26)(H,24,27). The summed E-state index contributed by atoms with van der Waals surface area (Å²) in [5.41, 5.74) is 1.07. The number of aromatic hydroxyl groups is 1. The van der Waals surface area contributed by atoms with Crippen molar-refractivity contribution in [2.24, 2.45) is 0 Å². The van der Waals surface area contributed by atoms with E-state index < -0.39 is 17.6 Å². The molecule has 2 aromatic carbocycles. The van der Waals surface area contributed by atoms with Crippen LogP contribution in [0.1, 0.15) is 32.0 Å². The Labute approximate surface area is 167 Å². The number of amides is 2. The van der Waals surface area contributed by atoms with Gasteiger partial charge in [-0.1, -0.05) is 21.1 Å². The summed E-state index contributed by atoms with van der Waals surface area (Å²) in [6.45, 7) is 1.65. The quantitative estimate of drug-likeness (QED) is 0.516. The molecular formula is C19H15BrFN3O4. The van der Waals surface area contributed by atoms with E-state index in [-0.39, 0.29) is 23.4 Å². The van der Waals surface area contributed by atoms with Crippen LogP contribution in [0.3, 0.4) is 0 Å². The summed E-state index contributed by atoms with van der Waals surface area (Å²) < 4.78 is 18.8. The first-order valence-corrected chi connectivity index (χ1v) is 8.92. The molecule has 0 radical (unpaired) electrons. The van der Waals surface area contributed by atoms with Gasteiger partial charge in [0.2, 0.25) is 0 Å². The number of nitrogens with zero attached hydrogens (tertiary/aromatic N) is 1. The summed E-state index contributed by atoms with van der Waals surface area (Å²) in [5, 5.41) is 18.8. The van der Waals surface area contributed by atoms with Crippen LogP contribution >= 0.6 is 15.9 Å². The van der Waals surface area contributed by atoms with E-state index in [1.165, 1.54) is 42.6 Å². The minimum absolute atomic E-state index is 0.0348. The van der Waals surface area contributed by atoms with Gasteiger partial charge < -0.3 is 20.3 Å². The number of anilines is 1. The number of phenols is 1. The molecule has 0 aliphatic rings. The molecule has 1 heterocycles. The zero-order valence-electron chi connectivity index (χ0n) is 14.6. The molecule has 9 heteroatoms. The van der Waals surface area contributed by atoms with Gasteiger partial charge in [0, 0.05) is 16.7 Å². The third-order valence-corrected chi connectivity index (χ3v) is 4.72. The normalized spacial score (nSPS) is 10.5. The first-order valence-electron chi connectivity index (χ1n) is 8.13. The number of phenolic OH excluding ortho intramolecular Hbond substituents is 1. The van der Waals surface area contributed by atoms with Crippen molar-refractivity contribution in [1.82, 2.24) is 10.5 Å². The lowest BCUT2D eigenvalue weighted by molar-refractivity contribution is 0.0946. The second kappa shape index (κ2) is 8.22. The lowest BCUT2D eigenvalue weighted by atomic mass is 10.1. The van der Waals surface area contributed by atoms with Crippen LogP contribution in [0.4, 0.5) is 10.1 Å². The molecule has 144 valence electrons. The molecule has 0 spiro atoms. The number of nitrogens with one attached hydrogen (secondary N) is 2. The van der Waals surface area contributed by atoms with Crippen molar-refractivity contribution in [3.63, 3.8) is 0 Å². The maximum Gasteiger partial charge on any atom is 0.260 e. The summed E-state index contributed by atoms with van der Waals surface area (Å²) in [6, 6.07) is 8.22. The average Bonchev–Trinajstić information content (AvgIpc) is 3.10. The number of rotatable bonds is 5. The van der Waals surface area contributed by atoms with E-state index in [4.69, 9.17) is 4.52 Å². The van der Waals surface area contributed by atoms with Crippen molar-refractivity contribution in [2.75, 3.05) is 5.32 Å². The van der Waals surface area contributed by atoms with E-state index in [2.05, 4.69) is 31.7 Å². The van der Waals surface area contributed by atoms with Gasteiger partial charge in [0.25, 0.3) is 11.8 Å². The summed E-state index contributed by atoms with van der Waals surface area (Å²) in [7, 11) is 0. The fourth-order valence-corrected chi connectivity index (χ4v) is 2.85. The van der Waals surface area contributed by atoms with Gasteiger partial charge in [0.1, 0.15) is 22.9 Å². The molecule has 0 saturated carbocycles. The Bertz CT molecular complexity index is 1050. The zero-order valence-corrected chi connectivity index (χ0v) is 16.2. The molecule has 0 aliphatic carbocycles. The number of benzene rings is 2. The van der Waals surface area contributed by atoms with Gasteiger partial charge in [0.15, 0.2) is 0 Å². The maximum absolute atomic E-state index is 13.4. The van der Waals surface area contributed by atoms with Crippen molar-refractivity contribution < 1.29 is 23.6 Å². The first kappa shape index (κ1) is 19.6. The zero-order chi connectivity index (χ0) is 20.3. The Morgan fingerprint density at radius 2 is 1.96 bits per heavy atom. The first-order chi connectivity index (χ1) is 13.3. The summed E-state index contributed by atoms with van der Waals surface area (Å²) >= 11 is 3.29. The second-order valence-electron chi connectivity index (χ2n) is 5.90. The molecule has 0 aliphatic heterocycles. The summed E-state index contributed by atoms with van der Waals surface area (Å²) in [5.74, 6) is -1.36. The molecule has 3 rings (SSSR count). The average molecular weight is 448 g/mol. The van der Waals surface area contributed by atoms with Gasteiger partial charge >= 0.3 is 0 Å². The molecule has 1 aromatic heterocycles. The van der Waals surface area contributed by atoms with Crippen molar-refractivity contribution in [3.8, 4) is 5.75 Å². The third-order valence-electron chi connectivity index (χ3n) is 3.94. The van der Waals surface area contributed by atoms with E-state index in [0.29, 0.717) is 21.5 Å².